The molecule has 0 saturated carbocycles. The SMILES string of the molecule is CC(NS(=O)(=O)C1CCNCC1)c1cccc(Cl)c1. The lowest BCUT2D eigenvalue weighted by Gasteiger charge is -2.25. The van der Waals surface area contributed by atoms with Crippen molar-refractivity contribution in [2.45, 2.75) is 31.1 Å². The van der Waals surface area contributed by atoms with Crippen LogP contribution < -0.4 is 10.0 Å². The molecule has 0 aliphatic carbocycles. The summed E-state index contributed by atoms with van der Waals surface area (Å²) in [5, 5.41) is 3.49. The summed E-state index contributed by atoms with van der Waals surface area (Å²) in [4.78, 5) is 0. The zero-order chi connectivity index (χ0) is 13.9. The molecule has 1 aromatic rings. The van der Waals surface area contributed by atoms with Crippen molar-refractivity contribution in [1.82, 2.24) is 10.0 Å². The van der Waals surface area contributed by atoms with Gasteiger partial charge in [-0.25, -0.2) is 13.1 Å². The van der Waals surface area contributed by atoms with Crippen molar-refractivity contribution in [2.24, 2.45) is 0 Å². The van der Waals surface area contributed by atoms with Crippen molar-refractivity contribution in [1.29, 1.82) is 0 Å². The Bertz CT molecular complexity index is 527. The van der Waals surface area contributed by atoms with E-state index in [0.29, 0.717) is 17.9 Å². The monoisotopic (exact) mass is 302 g/mol. The molecule has 1 heterocycles. The average molecular weight is 303 g/mol. The first-order valence-electron chi connectivity index (χ1n) is 6.46. The zero-order valence-corrected chi connectivity index (χ0v) is 12.5. The van der Waals surface area contributed by atoms with Crippen LogP contribution in [0.25, 0.3) is 0 Å². The number of rotatable bonds is 4. The lowest BCUT2D eigenvalue weighted by Crippen LogP contribution is -2.42. The molecule has 0 amide bonds. The van der Waals surface area contributed by atoms with E-state index in [0.717, 1.165) is 18.7 Å². The Morgan fingerprint density at radius 2 is 2.05 bits per heavy atom. The van der Waals surface area contributed by atoms with E-state index < -0.39 is 10.0 Å². The van der Waals surface area contributed by atoms with Crippen LogP contribution in [0.5, 0.6) is 0 Å². The Hall–Kier alpha value is -0.620. The molecule has 19 heavy (non-hydrogen) atoms. The minimum atomic E-state index is -3.28. The Morgan fingerprint density at radius 1 is 1.37 bits per heavy atom. The van der Waals surface area contributed by atoms with Gasteiger partial charge in [-0.15, -0.1) is 0 Å². The summed E-state index contributed by atoms with van der Waals surface area (Å²) >= 11 is 5.92. The largest absolute Gasteiger partial charge is 0.317 e. The Morgan fingerprint density at radius 3 is 2.68 bits per heavy atom. The predicted molar refractivity (Wildman–Crippen MR) is 77.8 cm³/mol. The molecule has 2 N–H and O–H groups in total. The van der Waals surface area contributed by atoms with Crippen molar-refractivity contribution in [3.8, 4) is 0 Å². The fourth-order valence-electron chi connectivity index (χ4n) is 2.29. The summed E-state index contributed by atoms with van der Waals surface area (Å²) in [7, 11) is -3.28. The van der Waals surface area contributed by atoms with Gasteiger partial charge in [-0.2, -0.15) is 0 Å². The van der Waals surface area contributed by atoms with Crippen LogP contribution in [0.4, 0.5) is 0 Å². The molecule has 0 spiro atoms. The average Bonchev–Trinajstić information content (AvgIpc) is 2.39. The number of nitrogens with one attached hydrogen (secondary N) is 2. The highest BCUT2D eigenvalue weighted by atomic mass is 35.5. The first-order valence-corrected chi connectivity index (χ1v) is 8.39. The van der Waals surface area contributed by atoms with Gasteiger partial charge in [0.05, 0.1) is 5.25 Å². The Kier molecular flexibility index (Phi) is 4.84. The summed E-state index contributed by atoms with van der Waals surface area (Å²) in [6.45, 7) is 3.36. The van der Waals surface area contributed by atoms with Gasteiger partial charge >= 0.3 is 0 Å². The third-order valence-corrected chi connectivity index (χ3v) is 5.68. The van der Waals surface area contributed by atoms with E-state index in [1.807, 2.05) is 19.1 Å². The molecular weight excluding hydrogens is 284 g/mol. The Balaban J connectivity index is 2.07. The van der Waals surface area contributed by atoms with Gasteiger partial charge in [-0.3, -0.25) is 0 Å². The Labute approximate surface area is 119 Å². The number of hydrogen-bond acceptors (Lipinski definition) is 3. The number of piperidine rings is 1. The molecular formula is C13H19ClN2O2S. The van der Waals surface area contributed by atoms with E-state index in [-0.39, 0.29) is 11.3 Å². The molecule has 2 rings (SSSR count). The predicted octanol–water partition coefficient (Wildman–Crippen LogP) is 2.07. The fourth-order valence-corrected chi connectivity index (χ4v) is 4.17. The van der Waals surface area contributed by atoms with Crippen molar-refractivity contribution in [2.75, 3.05) is 13.1 Å². The number of sulfonamides is 1. The molecule has 106 valence electrons. The van der Waals surface area contributed by atoms with Crippen molar-refractivity contribution in [3.05, 3.63) is 34.9 Å². The fraction of sp³-hybridized carbons (Fsp3) is 0.538. The maximum Gasteiger partial charge on any atom is 0.215 e. The molecule has 0 aromatic heterocycles. The lowest BCUT2D eigenvalue weighted by atomic mass is 10.1. The topological polar surface area (TPSA) is 58.2 Å². The summed E-state index contributed by atoms with van der Waals surface area (Å²) in [6.07, 6.45) is 1.33. The van der Waals surface area contributed by atoms with E-state index in [2.05, 4.69) is 10.0 Å². The molecule has 1 aliphatic rings. The van der Waals surface area contributed by atoms with Gasteiger partial charge in [0.2, 0.25) is 10.0 Å². The summed E-state index contributed by atoms with van der Waals surface area (Å²) in [5.41, 5.74) is 0.880. The smallest absolute Gasteiger partial charge is 0.215 e. The molecule has 1 aliphatic heterocycles. The first kappa shape index (κ1) is 14.8. The van der Waals surface area contributed by atoms with Crippen LogP contribution in [0, 0.1) is 0 Å². The van der Waals surface area contributed by atoms with Crippen LogP contribution in [-0.4, -0.2) is 26.8 Å². The van der Waals surface area contributed by atoms with E-state index in [4.69, 9.17) is 11.6 Å². The van der Waals surface area contributed by atoms with E-state index in [1.54, 1.807) is 12.1 Å². The second kappa shape index (κ2) is 6.22. The summed E-state index contributed by atoms with van der Waals surface area (Å²) in [6, 6.07) is 7.00. The van der Waals surface area contributed by atoms with Crippen molar-refractivity contribution >= 4 is 21.6 Å². The van der Waals surface area contributed by atoms with Crippen molar-refractivity contribution in [3.63, 3.8) is 0 Å². The van der Waals surface area contributed by atoms with Gasteiger partial charge in [-0.1, -0.05) is 23.7 Å². The van der Waals surface area contributed by atoms with Gasteiger partial charge < -0.3 is 5.32 Å². The van der Waals surface area contributed by atoms with E-state index >= 15 is 0 Å². The van der Waals surface area contributed by atoms with Crippen LogP contribution in [0.15, 0.2) is 24.3 Å². The summed E-state index contributed by atoms with van der Waals surface area (Å²) < 4.78 is 27.3. The standard InChI is InChI=1S/C13H19ClN2O2S/c1-10(11-3-2-4-12(14)9-11)16-19(17,18)13-5-7-15-8-6-13/h2-4,9-10,13,15-16H,5-8H2,1H3. The quantitative estimate of drug-likeness (QED) is 0.895. The molecule has 1 atom stereocenters. The van der Waals surface area contributed by atoms with E-state index in [9.17, 15) is 8.42 Å². The molecule has 1 aromatic carbocycles. The highest BCUT2D eigenvalue weighted by Crippen LogP contribution is 2.20. The second-order valence-corrected chi connectivity index (χ2v) is 7.32. The first-order chi connectivity index (χ1) is 8.99. The third-order valence-electron chi connectivity index (χ3n) is 3.41. The highest BCUT2D eigenvalue weighted by Gasteiger charge is 2.28. The molecule has 1 unspecified atom stereocenters. The normalized spacial score (nSPS) is 19.3. The zero-order valence-electron chi connectivity index (χ0n) is 10.9. The van der Waals surface area contributed by atoms with Gasteiger partial charge in [0.25, 0.3) is 0 Å². The van der Waals surface area contributed by atoms with Gasteiger partial charge in [0.1, 0.15) is 0 Å². The number of hydrogen-bond donors (Lipinski definition) is 2. The van der Waals surface area contributed by atoms with Crippen LogP contribution in [0.1, 0.15) is 31.4 Å². The molecule has 0 bridgehead atoms. The maximum absolute atomic E-state index is 12.3. The summed E-state index contributed by atoms with van der Waals surface area (Å²) in [5.74, 6) is 0. The highest BCUT2D eigenvalue weighted by molar-refractivity contribution is 7.90. The van der Waals surface area contributed by atoms with Crippen LogP contribution in [0.3, 0.4) is 0 Å². The van der Waals surface area contributed by atoms with E-state index in [1.165, 1.54) is 0 Å². The lowest BCUT2D eigenvalue weighted by molar-refractivity contribution is 0.484. The maximum atomic E-state index is 12.3. The van der Waals surface area contributed by atoms with Crippen LogP contribution in [0.2, 0.25) is 5.02 Å². The molecule has 1 saturated heterocycles. The minimum absolute atomic E-state index is 0.265. The molecule has 0 radical (unpaired) electrons. The van der Waals surface area contributed by atoms with Gasteiger partial charge in [-0.05, 0) is 50.6 Å². The second-order valence-electron chi connectivity index (χ2n) is 4.89. The van der Waals surface area contributed by atoms with Gasteiger partial charge in [0.15, 0.2) is 0 Å². The molecule has 1 fully saturated rings. The van der Waals surface area contributed by atoms with Crippen LogP contribution >= 0.6 is 11.6 Å². The third kappa shape index (κ3) is 3.92. The number of halogens is 1. The van der Waals surface area contributed by atoms with Gasteiger partial charge in [0, 0.05) is 11.1 Å². The van der Waals surface area contributed by atoms with Crippen molar-refractivity contribution < 1.29 is 8.42 Å². The van der Waals surface area contributed by atoms with Crippen LogP contribution in [-0.2, 0) is 10.0 Å². The minimum Gasteiger partial charge on any atom is -0.317 e. The number of benzene rings is 1. The molecule has 6 heteroatoms. The molecule has 4 nitrogen and oxygen atoms in total.